The molecule has 0 fully saturated rings. The Labute approximate surface area is 270 Å². The van der Waals surface area contributed by atoms with E-state index >= 15 is 0 Å². The van der Waals surface area contributed by atoms with Crippen LogP contribution in [0.4, 0.5) is 4.79 Å². The normalized spacial score (nSPS) is 13.6. The van der Waals surface area contributed by atoms with Crippen molar-refractivity contribution in [2.75, 3.05) is 6.54 Å². The van der Waals surface area contributed by atoms with Crippen molar-refractivity contribution in [1.82, 2.24) is 21.3 Å². The molecule has 2 aromatic carbocycles. The number of hydrogen-bond donors (Lipinski definition) is 6. The van der Waals surface area contributed by atoms with Gasteiger partial charge in [0.2, 0.25) is 17.7 Å². The average Bonchev–Trinajstić information content (AvgIpc) is 3.02. The number of hydrogen-bond acceptors (Lipinski definition) is 8. The fraction of sp³-hybridized carbons (Fsp3) is 0.500. The zero-order valence-electron chi connectivity index (χ0n) is 27.1. The van der Waals surface area contributed by atoms with Gasteiger partial charge in [-0.25, -0.2) is 4.79 Å². The summed E-state index contributed by atoms with van der Waals surface area (Å²) < 4.78 is 5.28. The van der Waals surface area contributed by atoms with Gasteiger partial charge >= 0.3 is 12.1 Å². The largest absolute Gasteiger partial charge is 0.508 e. The Morgan fingerprint density at radius 1 is 0.783 bits per heavy atom. The number of carboxylic acids is 1. The summed E-state index contributed by atoms with van der Waals surface area (Å²) in [5, 5.41) is 29.4. The Bertz CT molecular complexity index is 1270. The van der Waals surface area contributed by atoms with Gasteiger partial charge in [-0.15, -0.1) is 0 Å². The van der Waals surface area contributed by atoms with Crippen molar-refractivity contribution in [3.63, 3.8) is 0 Å². The summed E-state index contributed by atoms with van der Waals surface area (Å²) in [7, 11) is 0. The van der Waals surface area contributed by atoms with E-state index in [-0.39, 0.29) is 37.0 Å². The van der Waals surface area contributed by atoms with Crippen molar-refractivity contribution in [3.05, 3.63) is 65.7 Å². The van der Waals surface area contributed by atoms with E-state index in [0.29, 0.717) is 37.8 Å². The third kappa shape index (κ3) is 13.7. The quantitative estimate of drug-likeness (QED) is 0.125. The lowest BCUT2D eigenvalue weighted by Crippen LogP contribution is -2.58. The number of nitrogens with one attached hydrogen (secondary N) is 4. The minimum atomic E-state index is -1.18. The molecule has 46 heavy (non-hydrogen) atoms. The number of unbranched alkanes of at least 4 members (excludes halogenated alkanes) is 2. The van der Waals surface area contributed by atoms with E-state index in [1.165, 1.54) is 12.1 Å². The maximum atomic E-state index is 13.5. The predicted octanol–water partition coefficient (Wildman–Crippen LogP) is 3.66. The van der Waals surface area contributed by atoms with Gasteiger partial charge in [0.15, 0.2) is 0 Å². The molecule has 2 aromatic rings. The van der Waals surface area contributed by atoms with Crippen LogP contribution in [0.15, 0.2) is 54.6 Å². The van der Waals surface area contributed by atoms with E-state index in [1.54, 1.807) is 38.1 Å². The van der Waals surface area contributed by atoms with Crippen molar-refractivity contribution < 1.29 is 38.9 Å². The highest BCUT2D eigenvalue weighted by molar-refractivity contribution is 6.01. The first-order chi connectivity index (χ1) is 21.9. The molecule has 0 aliphatic heterocycles. The van der Waals surface area contributed by atoms with E-state index in [0.717, 1.165) is 5.56 Å². The Morgan fingerprint density at radius 2 is 1.46 bits per heavy atom. The van der Waals surface area contributed by atoms with Crippen molar-refractivity contribution in [3.8, 4) is 5.75 Å². The van der Waals surface area contributed by atoms with Crippen molar-refractivity contribution >= 4 is 29.8 Å². The number of alkyl carbamates (subject to hydrolysis) is 1. The number of amides is 4. The third-order valence-corrected chi connectivity index (χ3v) is 7.62. The maximum absolute atomic E-state index is 13.5. The molecule has 6 N–H and O–H groups in total. The van der Waals surface area contributed by atoms with Crippen molar-refractivity contribution in [2.45, 2.75) is 91.0 Å². The Morgan fingerprint density at radius 3 is 2.07 bits per heavy atom. The topological polar surface area (TPSA) is 183 Å². The molecule has 0 saturated heterocycles. The zero-order valence-corrected chi connectivity index (χ0v) is 27.1. The Kier molecular flexibility index (Phi) is 16.3. The molecule has 12 heteroatoms. The van der Waals surface area contributed by atoms with Crippen LogP contribution in [0.5, 0.6) is 5.75 Å². The Hall–Kier alpha value is -4.45. The minimum Gasteiger partial charge on any atom is -0.508 e. The molecule has 0 aliphatic rings. The molecule has 0 bridgehead atoms. The van der Waals surface area contributed by atoms with Crippen LogP contribution < -0.4 is 21.3 Å². The van der Waals surface area contributed by atoms with Crippen molar-refractivity contribution in [1.29, 1.82) is 0 Å². The fourth-order valence-electron chi connectivity index (χ4n) is 4.68. The first kappa shape index (κ1) is 37.7. The summed E-state index contributed by atoms with van der Waals surface area (Å²) in [6.45, 7) is 7.78. The maximum Gasteiger partial charge on any atom is 0.408 e. The van der Waals surface area contributed by atoms with Gasteiger partial charge in [-0.2, -0.15) is 0 Å². The number of carbonyl (C=O) groups is 5. The van der Waals surface area contributed by atoms with Crippen LogP contribution in [0.2, 0.25) is 0 Å². The van der Waals surface area contributed by atoms with Gasteiger partial charge in [0, 0.05) is 12.8 Å². The number of aliphatic carboxylic acids is 1. The lowest BCUT2D eigenvalue weighted by atomic mass is 9.97. The van der Waals surface area contributed by atoms with Gasteiger partial charge in [0.1, 0.15) is 24.4 Å². The molecule has 252 valence electrons. The van der Waals surface area contributed by atoms with Crippen LogP contribution in [-0.2, 0) is 36.9 Å². The van der Waals surface area contributed by atoms with Gasteiger partial charge in [-0.1, -0.05) is 83.0 Å². The van der Waals surface area contributed by atoms with Crippen LogP contribution >= 0.6 is 0 Å². The number of imide groups is 1. The van der Waals surface area contributed by atoms with Crippen LogP contribution in [0, 0.1) is 11.8 Å². The van der Waals surface area contributed by atoms with E-state index in [9.17, 15) is 29.1 Å². The third-order valence-electron chi connectivity index (χ3n) is 7.62. The van der Waals surface area contributed by atoms with E-state index in [2.05, 4.69) is 21.3 Å². The number of carboxylic acid groups (broad SMARTS) is 1. The first-order valence-corrected chi connectivity index (χ1v) is 15.8. The highest BCUT2D eigenvalue weighted by Gasteiger charge is 2.32. The molecular weight excluding hydrogens is 592 g/mol. The van der Waals surface area contributed by atoms with Crippen LogP contribution in [0.25, 0.3) is 0 Å². The summed E-state index contributed by atoms with van der Waals surface area (Å²) in [6, 6.07) is 12.3. The highest BCUT2D eigenvalue weighted by atomic mass is 16.5. The van der Waals surface area contributed by atoms with Crippen LogP contribution in [0.1, 0.15) is 70.9 Å². The summed E-state index contributed by atoms with van der Waals surface area (Å²) in [6.07, 6.45) is 1.84. The molecule has 0 aliphatic carbocycles. The smallest absolute Gasteiger partial charge is 0.408 e. The van der Waals surface area contributed by atoms with E-state index in [1.807, 2.05) is 32.0 Å². The molecule has 0 unspecified atom stereocenters. The minimum absolute atomic E-state index is 0.0133. The molecule has 0 radical (unpaired) electrons. The standard InChI is InChI=1S/C34H48N4O8/c1-5-23(4)30(35-19-11-7-10-14-28(40)41)33(44)38-31(42)27(20-24-15-17-26(39)18-16-24)36-32(43)29(22(2)3)37-34(45)46-21-25-12-8-6-9-13-25/h6,8-9,12-13,15-18,22-23,27,29-30,35,39H,5,7,10-11,14,19-21H2,1-4H3,(H,36,43)(H,37,45)(H,40,41)(H,38,42,44)/t23-,27-,29-,30-/m0/s1. The molecule has 0 heterocycles. The molecule has 0 aromatic heterocycles. The monoisotopic (exact) mass is 640 g/mol. The summed E-state index contributed by atoms with van der Waals surface area (Å²) in [4.78, 5) is 63.7. The van der Waals surface area contributed by atoms with Gasteiger partial charge in [-0.3, -0.25) is 24.5 Å². The molecule has 4 amide bonds. The van der Waals surface area contributed by atoms with E-state index in [4.69, 9.17) is 9.84 Å². The lowest BCUT2D eigenvalue weighted by molar-refractivity contribution is -0.137. The molecule has 0 spiro atoms. The first-order valence-electron chi connectivity index (χ1n) is 15.8. The fourth-order valence-corrected chi connectivity index (χ4v) is 4.68. The van der Waals surface area contributed by atoms with Gasteiger partial charge in [-0.05, 0) is 54.5 Å². The zero-order chi connectivity index (χ0) is 34.1. The Balaban J connectivity index is 2.13. The van der Waals surface area contributed by atoms with Gasteiger partial charge in [0.25, 0.3) is 0 Å². The van der Waals surface area contributed by atoms with Gasteiger partial charge in [0.05, 0.1) is 6.04 Å². The lowest BCUT2D eigenvalue weighted by Gasteiger charge is -2.27. The van der Waals surface area contributed by atoms with Crippen molar-refractivity contribution in [2.24, 2.45) is 11.8 Å². The summed E-state index contributed by atoms with van der Waals surface area (Å²) in [5.41, 5.74) is 1.40. The molecular formula is C34H48N4O8. The van der Waals surface area contributed by atoms with Gasteiger partial charge < -0.3 is 30.9 Å². The SMILES string of the molecule is CC[C@H](C)[C@H](NCCCCCC(=O)O)C(=O)NC(=O)[C@H](Cc1ccc(O)cc1)NC(=O)[C@@H](NC(=O)OCc1ccccc1)C(C)C. The number of ether oxygens (including phenoxy) is 1. The van der Waals surface area contributed by atoms with Crippen LogP contribution in [0.3, 0.4) is 0 Å². The molecule has 12 nitrogen and oxygen atoms in total. The summed E-state index contributed by atoms with van der Waals surface area (Å²) in [5.74, 6) is -3.19. The van der Waals surface area contributed by atoms with Crippen LogP contribution in [-0.4, -0.2) is 64.7 Å². The highest BCUT2D eigenvalue weighted by Crippen LogP contribution is 2.14. The van der Waals surface area contributed by atoms with E-state index < -0.39 is 47.9 Å². The number of benzene rings is 2. The molecule has 2 rings (SSSR count). The number of rotatable bonds is 19. The number of phenols is 1. The number of aromatic hydroxyl groups is 1. The second-order valence-corrected chi connectivity index (χ2v) is 11.7. The number of carbonyl (C=O) groups excluding carboxylic acids is 4. The predicted molar refractivity (Wildman–Crippen MR) is 173 cm³/mol. The molecule has 0 saturated carbocycles. The average molecular weight is 641 g/mol. The number of phenolic OH excluding ortho intramolecular Hbond substituents is 1. The summed E-state index contributed by atoms with van der Waals surface area (Å²) >= 11 is 0. The second kappa shape index (κ2) is 19.8. The molecule has 4 atom stereocenters. The second-order valence-electron chi connectivity index (χ2n) is 11.7.